The number of carbonyl (C=O) groups excluding carboxylic acids is 1. The fourth-order valence-corrected chi connectivity index (χ4v) is 6.09. The average molecular weight is 516 g/mol. The molecule has 0 unspecified atom stereocenters. The molecule has 34 heavy (non-hydrogen) atoms. The van der Waals surface area contributed by atoms with Crippen LogP contribution in [0.25, 0.3) is 10.2 Å². The fraction of sp³-hybridized carbons (Fsp3) is 0.167. The van der Waals surface area contributed by atoms with Gasteiger partial charge >= 0.3 is 4.87 Å². The van der Waals surface area contributed by atoms with Crippen molar-refractivity contribution in [3.8, 4) is 0 Å². The highest BCUT2D eigenvalue weighted by Crippen LogP contribution is 2.30. The maximum Gasteiger partial charge on any atom is 0.307 e. The predicted molar refractivity (Wildman–Crippen MR) is 138 cm³/mol. The van der Waals surface area contributed by atoms with Crippen LogP contribution in [0.1, 0.15) is 11.1 Å². The normalized spacial score (nSPS) is 11.5. The van der Waals surface area contributed by atoms with E-state index in [0.29, 0.717) is 22.0 Å². The number of hydrogen-bond acceptors (Lipinski definition) is 5. The molecule has 176 valence electrons. The van der Waals surface area contributed by atoms with E-state index in [2.05, 4.69) is 5.32 Å². The molecule has 4 rings (SSSR count). The first-order valence-electron chi connectivity index (χ1n) is 10.3. The molecular formula is C24H22ClN3O4S2. The SMILES string of the molecule is Cc1ccc(S(=O)(=O)N(CC(=O)Nc2ccc3c(c2)sc(=O)n3C)c2cc(Cl)ccc2C)cc1. The second-order valence-corrected chi connectivity index (χ2v) is 11.2. The van der Waals surface area contributed by atoms with Crippen LogP contribution in [0, 0.1) is 13.8 Å². The minimum Gasteiger partial charge on any atom is -0.324 e. The van der Waals surface area contributed by atoms with Gasteiger partial charge in [-0.15, -0.1) is 0 Å². The molecule has 0 saturated heterocycles. The number of amides is 1. The van der Waals surface area contributed by atoms with Gasteiger partial charge in [0.15, 0.2) is 0 Å². The van der Waals surface area contributed by atoms with Gasteiger partial charge in [0, 0.05) is 17.8 Å². The van der Waals surface area contributed by atoms with Crippen LogP contribution in [-0.2, 0) is 21.9 Å². The number of thiazole rings is 1. The van der Waals surface area contributed by atoms with E-state index in [1.165, 1.54) is 22.8 Å². The maximum atomic E-state index is 13.6. The standard InChI is InChI=1S/C24H22ClN3O4S2/c1-15-4-9-19(10-5-15)34(31,32)28(21-12-17(25)7-6-16(21)2)14-23(29)26-18-8-11-20-22(13-18)33-24(30)27(20)3/h4-13H,14H2,1-3H3,(H,26,29). The minimum absolute atomic E-state index is 0.0701. The lowest BCUT2D eigenvalue weighted by Crippen LogP contribution is -2.38. The van der Waals surface area contributed by atoms with Crippen LogP contribution in [0.4, 0.5) is 11.4 Å². The van der Waals surface area contributed by atoms with Gasteiger partial charge in [-0.25, -0.2) is 8.42 Å². The molecular weight excluding hydrogens is 494 g/mol. The molecule has 3 aromatic carbocycles. The Morgan fingerprint density at radius 3 is 2.47 bits per heavy atom. The van der Waals surface area contributed by atoms with Crippen molar-refractivity contribution in [3.63, 3.8) is 0 Å². The van der Waals surface area contributed by atoms with Gasteiger partial charge < -0.3 is 9.88 Å². The van der Waals surface area contributed by atoms with E-state index >= 15 is 0 Å². The molecule has 0 aliphatic carbocycles. The zero-order valence-corrected chi connectivity index (χ0v) is 21.1. The smallest absolute Gasteiger partial charge is 0.307 e. The second-order valence-electron chi connectivity index (χ2n) is 7.91. The monoisotopic (exact) mass is 515 g/mol. The number of nitrogens with one attached hydrogen (secondary N) is 1. The quantitative estimate of drug-likeness (QED) is 0.403. The summed E-state index contributed by atoms with van der Waals surface area (Å²) in [4.78, 5) is 24.9. The van der Waals surface area contributed by atoms with Gasteiger partial charge in [0.05, 0.1) is 20.8 Å². The first-order chi connectivity index (χ1) is 16.1. The summed E-state index contributed by atoms with van der Waals surface area (Å²) in [6.07, 6.45) is 0. The molecule has 4 aromatic rings. The molecule has 0 spiro atoms. The lowest BCUT2D eigenvalue weighted by atomic mass is 10.2. The van der Waals surface area contributed by atoms with Crippen LogP contribution in [0.3, 0.4) is 0 Å². The summed E-state index contributed by atoms with van der Waals surface area (Å²) in [7, 11) is -2.38. The first kappa shape index (κ1) is 24.0. The highest BCUT2D eigenvalue weighted by atomic mass is 35.5. The molecule has 1 aromatic heterocycles. The molecule has 7 nitrogen and oxygen atoms in total. The van der Waals surface area contributed by atoms with Crippen molar-refractivity contribution in [3.05, 3.63) is 86.5 Å². The van der Waals surface area contributed by atoms with Crippen LogP contribution >= 0.6 is 22.9 Å². The number of aryl methyl sites for hydroxylation is 3. The lowest BCUT2D eigenvalue weighted by Gasteiger charge is -2.26. The van der Waals surface area contributed by atoms with Crippen molar-refractivity contribution in [2.24, 2.45) is 7.05 Å². The van der Waals surface area contributed by atoms with Gasteiger partial charge in [0.1, 0.15) is 6.54 Å². The van der Waals surface area contributed by atoms with Crippen molar-refractivity contribution >= 4 is 60.5 Å². The molecule has 1 N–H and O–H groups in total. The van der Waals surface area contributed by atoms with Crippen molar-refractivity contribution < 1.29 is 13.2 Å². The topological polar surface area (TPSA) is 88.5 Å². The number of nitrogens with zero attached hydrogens (tertiary/aromatic N) is 2. The van der Waals surface area contributed by atoms with Crippen LogP contribution in [0.2, 0.25) is 5.02 Å². The number of hydrogen-bond donors (Lipinski definition) is 1. The van der Waals surface area contributed by atoms with E-state index in [4.69, 9.17) is 11.6 Å². The van der Waals surface area contributed by atoms with Crippen molar-refractivity contribution in [1.82, 2.24) is 4.57 Å². The molecule has 10 heteroatoms. The van der Waals surface area contributed by atoms with Crippen molar-refractivity contribution in [2.75, 3.05) is 16.2 Å². The van der Waals surface area contributed by atoms with E-state index in [1.54, 1.807) is 56.4 Å². The molecule has 1 heterocycles. The van der Waals surface area contributed by atoms with E-state index in [-0.39, 0.29) is 9.77 Å². The predicted octanol–water partition coefficient (Wildman–Crippen LogP) is 4.70. The van der Waals surface area contributed by atoms with Gasteiger partial charge in [-0.1, -0.05) is 46.7 Å². The Hall–Kier alpha value is -3.14. The molecule has 0 aliphatic heterocycles. The first-order valence-corrected chi connectivity index (χ1v) is 12.9. The molecule has 0 radical (unpaired) electrons. The molecule has 0 atom stereocenters. The lowest BCUT2D eigenvalue weighted by molar-refractivity contribution is -0.114. The highest BCUT2D eigenvalue weighted by Gasteiger charge is 2.28. The number of aromatic nitrogens is 1. The fourth-order valence-electron chi connectivity index (χ4n) is 3.53. The maximum absolute atomic E-state index is 13.6. The molecule has 0 saturated carbocycles. The summed E-state index contributed by atoms with van der Waals surface area (Å²) in [6.45, 7) is 3.16. The van der Waals surface area contributed by atoms with Crippen LogP contribution in [0.15, 0.2) is 70.4 Å². The number of halogens is 1. The molecule has 0 aliphatic rings. The Morgan fingerprint density at radius 2 is 1.76 bits per heavy atom. The second kappa shape index (κ2) is 9.25. The van der Waals surface area contributed by atoms with Crippen molar-refractivity contribution in [2.45, 2.75) is 18.7 Å². The Kier molecular flexibility index (Phi) is 6.53. The Bertz CT molecular complexity index is 1560. The molecule has 1 amide bonds. The third-order valence-corrected chi connectivity index (χ3v) is 8.42. The van der Waals surface area contributed by atoms with Gasteiger partial charge in [0.25, 0.3) is 10.0 Å². The Morgan fingerprint density at radius 1 is 1.06 bits per heavy atom. The number of anilines is 2. The van der Waals surface area contributed by atoms with E-state index in [1.807, 2.05) is 6.92 Å². The summed E-state index contributed by atoms with van der Waals surface area (Å²) in [5.74, 6) is -0.530. The summed E-state index contributed by atoms with van der Waals surface area (Å²) in [6, 6.07) is 16.5. The number of benzene rings is 3. The largest absolute Gasteiger partial charge is 0.324 e. The molecule has 0 bridgehead atoms. The van der Waals surface area contributed by atoms with Gasteiger partial charge in [-0.05, 0) is 61.9 Å². The third-order valence-electron chi connectivity index (χ3n) is 5.41. The number of fused-ring (bicyclic) bond motifs is 1. The van der Waals surface area contributed by atoms with E-state index in [9.17, 15) is 18.0 Å². The van der Waals surface area contributed by atoms with E-state index in [0.717, 1.165) is 31.4 Å². The van der Waals surface area contributed by atoms with Crippen LogP contribution in [-0.4, -0.2) is 25.4 Å². The van der Waals surface area contributed by atoms with Crippen LogP contribution in [0.5, 0.6) is 0 Å². The van der Waals surface area contributed by atoms with E-state index < -0.39 is 22.5 Å². The average Bonchev–Trinajstić information content (AvgIpc) is 3.07. The zero-order chi connectivity index (χ0) is 24.6. The third kappa shape index (κ3) is 4.72. The number of rotatable bonds is 6. The van der Waals surface area contributed by atoms with Crippen molar-refractivity contribution in [1.29, 1.82) is 0 Å². The van der Waals surface area contributed by atoms with Gasteiger partial charge in [-0.2, -0.15) is 0 Å². The minimum atomic E-state index is -4.06. The van der Waals surface area contributed by atoms with Gasteiger partial charge in [0.2, 0.25) is 5.91 Å². The summed E-state index contributed by atoms with van der Waals surface area (Å²) in [5.41, 5.74) is 3.12. The summed E-state index contributed by atoms with van der Waals surface area (Å²) in [5, 5.41) is 3.10. The Balaban J connectivity index is 1.69. The molecule has 0 fully saturated rings. The Labute approximate surface area is 206 Å². The zero-order valence-electron chi connectivity index (χ0n) is 18.7. The summed E-state index contributed by atoms with van der Waals surface area (Å²) >= 11 is 7.24. The number of carbonyl (C=O) groups is 1. The van der Waals surface area contributed by atoms with Gasteiger partial charge in [-0.3, -0.25) is 13.9 Å². The highest BCUT2D eigenvalue weighted by molar-refractivity contribution is 7.92. The number of sulfonamides is 1. The van der Waals surface area contributed by atoms with Crippen LogP contribution < -0.4 is 14.5 Å². The summed E-state index contributed by atoms with van der Waals surface area (Å²) < 4.78 is 30.5.